The van der Waals surface area contributed by atoms with Crippen LogP contribution in [-0.4, -0.2) is 50.5 Å². The van der Waals surface area contributed by atoms with E-state index in [4.69, 9.17) is 9.73 Å². The van der Waals surface area contributed by atoms with Gasteiger partial charge in [0.1, 0.15) is 0 Å². The van der Waals surface area contributed by atoms with Crippen molar-refractivity contribution in [1.82, 2.24) is 10.6 Å². The van der Waals surface area contributed by atoms with E-state index in [2.05, 4.69) is 51.7 Å². The number of guanidine groups is 1. The first-order chi connectivity index (χ1) is 12.2. The van der Waals surface area contributed by atoms with Crippen LogP contribution in [-0.2, 0) is 11.2 Å². The summed E-state index contributed by atoms with van der Waals surface area (Å²) in [6.07, 6.45) is 3.80. The van der Waals surface area contributed by atoms with Crippen LogP contribution in [0, 0.1) is 5.41 Å². The second kappa shape index (κ2) is 12.9. The fourth-order valence-corrected chi connectivity index (χ4v) is 3.51. The lowest BCUT2D eigenvalue weighted by molar-refractivity contribution is 0.131. The van der Waals surface area contributed by atoms with Gasteiger partial charge >= 0.3 is 0 Å². The highest BCUT2D eigenvalue weighted by atomic mass is 127. The molecule has 1 atom stereocenters. The molecular formula is C19H31BrIN3O2. The van der Waals surface area contributed by atoms with Crippen molar-refractivity contribution in [2.45, 2.75) is 32.6 Å². The molecule has 0 radical (unpaired) electrons. The average molecular weight is 540 g/mol. The number of aliphatic hydroxyl groups is 1. The van der Waals surface area contributed by atoms with Crippen LogP contribution >= 0.6 is 39.9 Å². The summed E-state index contributed by atoms with van der Waals surface area (Å²) in [4.78, 5) is 4.74. The molecular weight excluding hydrogens is 509 g/mol. The molecule has 5 nitrogen and oxygen atoms in total. The second-order valence-corrected chi connectivity index (χ2v) is 7.55. The number of rotatable bonds is 9. The Bertz CT molecular complexity index is 551. The Morgan fingerprint density at radius 3 is 2.88 bits per heavy atom. The summed E-state index contributed by atoms with van der Waals surface area (Å²) in [5, 5.41) is 16.0. The molecule has 7 heteroatoms. The van der Waals surface area contributed by atoms with Crippen molar-refractivity contribution in [1.29, 1.82) is 0 Å². The first-order valence-electron chi connectivity index (χ1n) is 9.13. The molecule has 1 unspecified atom stereocenters. The van der Waals surface area contributed by atoms with Gasteiger partial charge < -0.3 is 20.5 Å². The van der Waals surface area contributed by atoms with Gasteiger partial charge in [-0.15, -0.1) is 24.0 Å². The Labute approximate surface area is 182 Å². The third-order valence-electron chi connectivity index (χ3n) is 4.57. The monoisotopic (exact) mass is 539 g/mol. The summed E-state index contributed by atoms with van der Waals surface area (Å²) >= 11 is 3.51. The summed E-state index contributed by atoms with van der Waals surface area (Å²) in [7, 11) is 0. The molecule has 0 amide bonds. The summed E-state index contributed by atoms with van der Waals surface area (Å²) in [6, 6.07) is 8.44. The number of aliphatic hydroxyl groups excluding tert-OH is 1. The van der Waals surface area contributed by atoms with E-state index < -0.39 is 0 Å². The highest BCUT2D eigenvalue weighted by Gasteiger charge is 2.34. The van der Waals surface area contributed by atoms with E-state index in [1.54, 1.807) is 0 Å². The van der Waals surface area contributed by atoms with Gasteiger partial charge in [-0.05, 0) is 50.3 Å². The maximum Gasteiger partial charge on any atom is 0.191 e. The van der Waals surface area contributed by atoms with E-state index in [0.717, 1.165) is 55.8 Å². The number of ether oxygens (including phenoxy) is 1. The molecule has 3 N–H and O–H groups in total. The van der Waals surface area contributed by atoms with Crippen LogP contribution < -0.4 is 10.6 Å². The Morgan fingerprint density at radius 1 is 1.38 bits per heavy atom. The van der Waals surface area contributed by atoms with Crippen LogP contribution in [0.5, 0.6) is 0 Å². The summed E-state index contributed by atoms with van der Waals surface area (Å²) in [5.74, 6) is 0.848. The number of nitrogens with zero attached hydrogens (tertiary/aromatic N) is 1. The van der Waals surface area contributed by atoms with Crippen molar-refractivity contribution < 1.29 is 9.84 Å². The first-order valence-corrected chi connectivity index (χ1v) is 9.92. The standard InChI is InChI=1S/C19H30BrN3O2.HI/c1-2-21-18(23-14-19(8-11-24)9-12-25-15-19)22-10-4-6-16-5-3-7-17(20)13-16;/h3,5,7,13,24H,2,4,6,8-12,14-15H2,1H3,(H2,21,22,23);1H. The van der Waals surface area contributed by atoms with Crippen LogP contribution in [0.1, 0.15) is 31.7 Å². The van der Waals surface area contributed by atoms with Crippen LogP contribution in [0.4, 0.5) is 0 Å². The minimum atomic E-state index is -0.00653. The number of hydrogen-bond donors (Lipinski definition) is 3. The zero-order chi connectivity index (χ0) is 18.0. The molecule has 2 rings (SSSR count). The maximum atomic E-state index is 9.32. The van der Waals surface area contributed by atoms with Gasteiger partial charge in [0, 0.05) is 36.2 Å². The fourth-order valence-electron chi connectivity index (χ4n) is 3.07. The van der Waals surface area contributed by atoms with Crippen molar-refractivity contribution in [2.24, 2.45) is 10.4 Å². The van der Waals surface area contributed by atoms with Gasteiger partial charge in [0.25, 0.3) is 0 Å². The molecule has 0 bridgehead atoms. The van der Waals surface area contributed by atoms with E-state index in [1.165, 1.54) is 5.56 Å². The first kappa shape index (κ1) is 23.7. The lowest BCUT2D eigenvalue weighted by Gasteiger charge is -2.24. The van der Waals surface area contributed by atoms with Gasteiger partial charge in [-0.1, -0.05) is 28.1 Å². The second-order valence-electron chi connectivity index (χ2n) is 6.63. The van der Waals surface area contributed by atoms with E-state index >= 15 is 0 Å². The van der Waals surface area contributed by atoms with Crippen LogP contribution in [0.15, 0.2) is 33.7 Å². The highest BCUT2D eigenvalue weighted by molar-refractivity contribution is 14.0. The molecule has 148 valence electrons. The largest absolute Gasteiger partial charge is 0.396 e. The van der Waals surface area contributed by atoms with E-state index in [-0.39, 0.29) is 36.0 Å². The molecule has 0 aromatic heterocycles. The highest BCUT2D eigenvalue weighted by Crippen LogP contribution is 2.32. The maximum absolute atomic E-state index is 9.32. The number of aliphatic imine (C=N–C) groups is 1. The third-order valence-corrected chi connectivity index (χ3v) is 5.06. The molecule has 0 aliphatic carbocycles. The van der Waals surface area contributed by atoms with Crippen LogP contribution in [0.25, 0.3) is 0 Å². The topological polar surface area (TPSA) is 65.9 Å². The van der Waals surface area contributed by atoms with Gasteiger partial charge in [0.15, 0.2) is 5.96 Å². The van der Waals surface area contributed by atoms with E-state index in [0.29, 0.717) is 13.2 Å². The predicted octanol–water partition coefficient (Wildman–Crippen LogP) is 3.34. The predicted molar refractivity (Wildman–Crippen MR) is 121 cm³/mol. The van der Waals surface area contributed by atoms with Gasteiger partial charge in [0.05, 0.1) is 13.2 Å². The minimum Gasteiger partial charge on any atom is -0.396 e. The number of benzene rings is 1. The van der Waals surface area contributed by atoms with Crippen LogP contribution in [0.2, 0.25) is 0 Å². The molecule has 1 saturated heterocycles. The summed E-state index contributed by atoms with van der Waals surface area (Å²) < 4.78 is 6.66. The fraction of sp³-hybridized carbons (Fsp3) is 0.632. The zero-order valence-corrected chi connectivity index (χ0v) is 19.4. The van der Waals surface area contributed by atoms with Crippen molar-refractivity contribution >= 4 is 45.9 Å². The van der Waals surface area contributed by atoms with Gasteiger partial charge in [0.2, 0.25) is 0 Å². The Morgan fingerprint density at radius 2 is 2.23 bits per heavy atom. The van der Waals surface area contributed by atoms with Crippen LogP contribution in [0.3, 0.4) is 0 Å². The average Bonchev–Trinajstić information content (AvgIpc) is 3.06. The number of hydrogen-bond acceptors (Lipinski definition) is 3. The number of nitrogens with one attached hydrogen (secondary N) is 2. The van der Waals surface area contributed by atoms with Crippen molar-refractivity contribution in [3.05, 3.63) is 34.3 Å². The van der Waals surface area contributed by atoms with E-state index in [1.807, 2.05) is 6.07 Å². The van der Waals surface area contributed by atoms with E-state index in [9.17, 15) is 5.11 Å². The quantitative estimate of drug-likeness (QED) is 0.195. The molecule has 1 aliphatic rings. The molecule has 1 aromatic carbocycles. The molecule has 1 heterocycles. The molecule has 1 aromatic rings. The van der Waals surface area contributed by atoms with Crippen molar-refractivity contribution in [2.75, 3.05) is 39.5 Å². The van der Waals surface area contributed by atoms with Gasteiger partial charge in [-0.2, -0.15) is 0 Å². The smallest absolute Gasteiger partial charge is 0.191 e. The Balaban J connectivity index is 0.00000338. The molecule has 0 saturated carbocycles. The van der Waals surface area contributed by atoms with Crippen molar-refractivity contribution in [3.8, 4) is 0 Å². The zero-order valence-electron chi connectivity index (χ0n) is 15.5. The lowest BCUT2D eigenvalue weighted by atomic mass is 9.84. The third kappa shape index (κ3) is 8.10. The Kier molecular flexibility index (Phi) is 11.7. The molecule has 1 aliphatic heterocycles. The number of halogens is 2. The SMILES string of the molecule is CCNC(=NCC1(CCO)CCOC1)NCCCc1cccc(Br)c1.I. The summed E-state index contributed by atoms with van der Waals surface area (Å²) in [6.45, 7) is 6.12. The normalized spacial score (nSPS) is 19.9. The molecule has 0 spiro atoms. The minimum absolute atomic E-state index is 0. The van der Waals surface area contributed by atoms with Crippen molar-refractivity contribution in [3.63, 3.8) is 0 Å². The van der Waals surface area contributed by atoms with Gasteiger partial charge in [-0.25, -0.2) is 0 Å². The lowest BCUT2D eigenvalue weighted by Crippen LogP contribution is -2.39. The Hall–Kier alpha value is -0.380. The number of aryl methyl sites for hydroxylation is 1. The molecule has 1 fully saturated rings. The summed E-state index contributed by atoms with van der Waals surface area (Å²) in [5.41, 5.74) is 1.33. The van der Waals surface area contributed by atoms with Gasteiger partial charge in [-0.3, -0.25) is 4.99 Å². The molecule has 26 heavy (non-hydrogen) atoms.